The summed E-state index contributed by atoms with van der Waals surface area (Å²) in [7, 11) is 1.80. The molecule has 0 bridgehead atoms. The zero-order valence-corrected chi connectivity index (χ0v) is 18.5. The average molecular weight is 458 g/mol. The molecule has 154 valence electrons. The van der Waals surface area contributed by atoms with Crippen LogP contribution >= 0.6 is 15.9 Å². The van der Waals surface area contributed by atoms with Crippen LogP contribution in [0.4, 0.5) is 5.69 Å². The van der Waals surface area contributed by atoms with E-state index in [0.29, 0.717) is 18.7 Å². The fourth-order valence-electron chi connectivity index (χ4n) is 3.50. The molecule has 3 rings (SSSR count). The van der Waals surface area contributed by atoms with Gasteiger partial charge in [0.25, 0.3) is 5.91 Å². The minimum Gasteiger partial charge on any atom is -0.372 e. The maximum Gasteiger partial charge on any atom is 0.251 e. The van der Waals surface area contributed by atoms with E-state index in [9.17, 15) is 9.59 Å². The zero-order chi connectivity index (χ0) is 20.6. The first-order valence-electron chi connectivity index (χ1n) is 10.1. The fourth-order valence-corrected chi connectivity index (χ4v) is 3.77. The molecule has 1 fully saturated rings. The van der Waals surface area contributed by atoms with Gasteiger partial charge in [0.1, 0.15) is 0 Å². The normalized spacial score (nSPS) is 13.8. The summed E-state index contributed by atoms with van der Waals surface area (Å²) in [5.74, 6) is -0.150. The summed E-state index contributed by atoms with van der Waals surface area (Å²) in [6, 6.07) is 15.7. The minimum absolute atomic E-state index is 0.0150. The largest absolute Gasteiger partial charge is 0.372 e. The van der Waals surface area contributed by atoms with Gasteiger partial charge >= 0.3 is 0 Å². The van der Waals surface area contributed by atoms with Crippen LogP contribution in [0, 0.1) is 0 Å². The number of amides is 2. The van der Waals surface area contributed by atoms with Gasteiger partial charge < -0.3 is 15.1 Å². The van der Waals surface area contributed by atoms with Crippen molar-refractivity contribution in [3.63, 3.8) is 0 Å². The zero-order valence-electron chi connectivity index (χ0n) is 16.9. The highest BCUT2D eigenvalue weighted by Crippen LogP contribution is 2.20. The highest BCUT2D eigenvalue weighted by atomic mass is 79.9. The number of piperidine rings is 1. The van der Waals surface area contributed by atoms with Crippen molar-refractivity contribution >= 4 is 33.4 Å². The van der Waals surface area contributed by atoms with E-state index in [0.717, 1.165) is 23.1 Å². The molecule has 1 aliphatic rings. The maximum absolute atomic E-state index is 12.4. The quantitative estimate of drug-likeness (QED) is 0.676. The molecule has 5 nitrogen and oxygen atoms in total. The number of carbonyl (C=O) groups is 2. The molecule has 0 unspecified atom stereocenters. The second-order valence-electron chi connectivity index (χ2n) is 7.48. The number of nitrogens with zero attached hydrogens (tertiary/aromatic N) is 2. The third-order valence-corrected chi connectivity index (χ3v) is 5.76. The molecule has 0 atom stereocenters. The smallest absolute Gasteiger partial charge is 0.251 e. The average Bonchev–Trinajstić information content (AvgIpc) is 2.75. The number of hydrogen-bond acceptors (Lipinski definition) is 3. The standard InChI is InChI=1S/C23H28BrN3O2/c1-26(17-18-5-11-21(12-6-18)27-15-3-2-4-16-27)22(28)13-14-25-23(29)19-7-9-20(24)10-8-19/h5-12H,2-4,13-17H2,1H3,(H,25,29). The van der Waals surface area contributed by atoms with E-state index in [1.165, 1.54) is 24.9 Å². The molecule has 0 radical (unpaired) electrons. The van der Waals surface area contributed by atoms with Crippen molar-refractivity contribution in [2.24, 2.45) is 0 Å². The third kappa shape index (κ3) is 6.32. The van der Waals surface area contributed by atoms with Gasteiger partial charge in [-0.2, -0.15) is 0 Å². The van der Waals surface area contributed by atoms with Crippen LogP contribution in [0.1, 0.15) is 41.6 Å². The fraction of sp³-hybridized carbons (Fsp3) is 0.391. The van der Waals surface area contributed by atoms with E-state index in [-0.39, 0.29) is 18.2 Å². The van der Waals surface area contributed by atoms with Gasteiger partial charge in [-0.25, -0.2) is 0 Å². The van der Waals surface area contributed by atoms with Crippen molar-refractivity contribution in [3.05, 3.63) is 64.1 Å². The van der Waals surface area contributed by atoms with E-state index in [2.05, 4.69) is 50.4 Å². The summed E-state index contributed by atoms with van der Waals surface area (Å²) in [6.45, 7) is 3.15. The monoisotopic (exact) mass is 457 g/mol. The lowest BCUT2D eigenvalue weighted by molar-refractivity contribution is -0.130. The van der Waals surface area contributed by atoms with Gasteiger partial charge in [0, 0.05) is 55.4 Å². The Morgan fingerprint density at radius 3 is 2.31 bits per heavy atom. The summed E-state index contributed by atoms with van der Waals surface area (Å²) < 4.78 is 0.926. The van der Waals surface area contributed by atoms with E-state index in [1.54, 1.807) is 24.1 Å². The predicted octanol–water partition coefficient (Wildman–Crippen LogP) is 4.22. The van der Waals surface area contributed by atoms with E-state index < -0.39 is 0 Å². The van der Waals surface area contributed by atoms with Crippen molar-refractivity contribution in [2.45, 2.75) is 32.2 Å². The van der Waals surface area contributed by atoms with Crippen molar-refractivity contribution in [3.8, 4) is 0 Å². The van der Waals surface area contributed by atoms with Crippen molar-refractivity contribution in [1.82, 2.24) is 10.2 Å². The van der Waals surface area contributed by atoms with Gasteiger partial charge in [0.15, 0.2) is 0 Å². The highest BCUT2D eigenvalue weighted by Gasteiger charge is 2.13. The van der Waals surface area contributed by atoms with Gasteiger partial charge in [-0.1, -0.05) is 28.1 Å². The second kappa shape index (κ2) is 10.4. The van der Waals surface area contributed by atoms with E-state index in [1.807, 2.05) is 12.1 Å². The number of rotatable bonds is 7. The van der Waals surface area contributed by atoms with Crippen molar-refractivity contribution in [2.75, 3.05) is 31.6 Å². The molecule has 1 N–H and O–H groups in total. The number of anilines is 1. The second-order valence-corrected chi connectivity index (χ2v) is 8.39. The molecule has 0 saturated carbocycles. The van der Waals surface area contributed by atoms with Crippen LogP contribution < -0.4 is 10.2 Å². The summed E-state index contributed by atoms with van der Waals surface area (Å²) in [4.78, 5) is 28.6. The predicted molar refractivity (Wildman–Crippen MR) is 120 cm³/mol. The SMILES string of the molecule is CN(Cc1ccc(N2CCCCC2)cc1)C(=O)CCNC(=O)c1ccc(Br)cc1. The Bertz CT molecular complexity index is 815. The van der Waals surface area contributed by atoms with Crippen LogP contribution in [0.2, 0.25) is 0 Å². The van der Waals surface area contributed by atoms with Crippen molar-refractivity contribution < 1.29 is 9.59 Å². The Hall–Kier alpha value is -2.34. The molecule has 2 aromatic carbocycles. The molecule has 2 aromatic rings. The molecule has 29 heavy (non-hydrogen) atoms. The minimum atomic E-state index is -0.166. The topological polar surface area (TPSA) is 52.6 Å². The number of nitrogens with one attached hydrogen (secondary N) is 1. The van der Waals surface area contributed by atoms with Gasteiger partial charge in [0.2, 0.25) is 5.91 Å². The lowest BCUT2D eigenvalue weighted by Gasteiger charge is -2.29. The van der Waals surface area contributed by atoms with Crippen LogP contribution in [0.5, 0.6) is 0 Å². The first-order valence-corrected chi connectivity index (χ1v) is 10.9. The van der Waals surface area contributed by atoms with Gasteiger partial charge in [-0.3, -0.25) is 9.59 Å². The Kier molecular flexibility index (Phi) is 7.69. The Balaban J connectivity index is 1.42. The number of carbonyl (C=O) groups excluding carboxylic acids is 2. The first kappa shape index (κ1) is 21.4. The molecule has 0 aromatic heterocycles. The van der Waals surface area contributed by atoms with Crippen LogP contribution in [0.15, 0.2) is 53.0 Å². The summed E-state index contributed by atoms with van der Waals surface area (Å²) >= 11 is 3.35. The molecule has 1 heterocycles. The lowest BCUT2D eigenvalue weighted by Crippen LogP contribution is -2.32. The van der Waals surface area contributed by atoms with Crippen LogP contribution in [0.25, 0.3) is 0 Å². The van der Waals surface area contributed by atoms with Crippen LogP contribution in [-0.2, 0) is 11.3 Å². The number of benzene rings is 2. The summed E-state index contributed by atoms with van der Waals surface area (Å²) in [5, 5.41) is 2.80. The molecule has 1 aliphatic heterocycles. The maximum atomic E-state index is 12.4. The Labute approximate surface area is 181 Å². The van der Waals surface area contributed by atoms with Gasteiger partial charge in [-0.15, -0.1) is 0 Å². The van der Waals surface area contributed by atoms with E-state index in [4.69, 9.17) is 0 Å². The molecular formula is C23H28BrN3O2. The lowest BCUT2D eigenvalue weighted by atomic mass is 10.1. The number of halogens is 1. The first-order chi connectivity index (χ1) is 14.0. The molecular weight excluding hydrogens is 430 g/mol. The van der Waals surface area contributed by atoms with Crippen LogP contribution in [0.3, 0.4) is 0 Å². The molecule has 2 amide bonds. The molecule has 6 heteroatoms. The summed E-state index contributed by atoms with van der Waals surface area (Å²) in [5.41, 5.74) is 2.96. The van der Waals surface area contributed by atoms with E-state index >= 15 is 0 Å². The number of hydrogen-bond donors (Lipinski definition) is 1. The summed E-state index contributed by atoms with van der Waals surface area (Å²) in [6.07, 6.45) is 4.13. The Morgan fingerprint density at radius 1 is 1.00 bits per heavy atom. The molecule has 0 aliphatic carbocycles. The molecule has 1 saturated heterocycles. The van der Waals surface area contributed by atoms with Gasteiger partial charge in [0.05, 0.1) is 0 Å². The Morgan fingerprint density at radius 2 is 1.66 bits per heavy atom. The van der Waals surface area contributed by atoms with Crippen molar-refractivity contribution in [1.29, 1.82) is 0 Å². The molecule has 0 spiro atoms. The third-order valence-electron chi connectivity index (χ3n) is 5.23. The van der Waals surface area contributed by atoms with Gasteiger partial charge in [-0.05, 0) is 61.2 Å². The van der Waals surface area contributed by atoms with Crippen LogP contribution in [-0.4, -0.2) is 43.4 Å². The highest BCUT2D eigenvalue weighted by molar-refractivity contribution is 9.10.